The minimum Gasteiger partial charge on any atom is -0.493 e. The predicted octanol–water partition coefficient (Wildman–Crippen LogP) is 1.01. The molecule has 7 nitrogen and oxygen atoms in total. The summed E-state index contributed by atoms with van der Waals surface area (Å²) < 4.78 is 10.4. The van der Waals surface area contributed by atoms with E-state index in [0.717, 1.165) is 12.8 Å². The number of methoxy groups -OCH3 is 1. The number of hydrazone groups is 1. The molecule has 7 heteroatoms. The van der Waals surface area contributed by atoms with E-state index < -0.39 is 6.03 Å². The van der Waals surface area contributed by atoms with E-state index in [-0.39, 0.29) is 11.9 Å². The zero-order valence-corrected chi connectivity index (χ0v) is 11.0. The van der Waals surface area contributed by atoms with Gasteiger partial charge < -0.3 is 15.2 Å². The smallest absolute Gasteiger partial charge is 0.332 e. The molecule has 1 aromatic rings. The summed E-state index contributed by atoms with van der Waals surface area (Å²) in [5, 5.41) is 3.63. The molecule has 0 bridgehead atoms. The van der Waals surface area contributed by atoms with Gasteiger partial charge in [0.05, 0.1) is 19.2 Å². The van der Waals surface area contributed by atoms with Gasteiger partial charge in [0.2, 0.25) is 0 Å². The molecule has 106 valence electrons. The van der Waals surface area contributed by atoms with Crippen molar-refractivity contribution in [2.24, 2.45) is 16.8 Å². The van der Waals surface area contributed by atoms with Crippen LogP contribution in [0.15, 0.2) is 23.3 Å². The molecular weight excluding hydrogens is 262 g/mol. The third-order valence-corrected chi connectivity index (χ3v) is 2.70. The van der Waals surface area contributed by atoms with Gasteiger partial charge in [-0.15, -0.1) is 0 Å². The van der Waals surface area contributed by atoms with E-state index >= 15 is 0 Å². The van der Waals surface area contributed by atoms with E-state index in [4.69, 9.17) is 15.2 Å². The summed E-state index contributed by atoms with van der Waals surface area (Å²) in [5.41, 5.74) is 7.63. The lowest BCUT2D eigenvalue weighted by Crippen LogP contribution is -2.24. The number of nitrogens with zero attached hydrogens (tertiary/aromatic N) is 1. The molecule has 0 radical (unpaired) electrons. The standard InChI is InChI=1S/C13H15N3O4/c1-19-11-6-8(7-15-16-13(14)18)2-5-10(11)20-12(17)9-3-4-9/h2,5-7,9H,3-4H2,1H3,(H3,14,16,18). The number of nitrogens with two attached hydrogens (primary N) is 1. The van der Waals surface area contributed by atoms with Crippen LogP contribution in [0.25, 0.3) is 0 Å². The molecule has 1 aromatic carbocycles. The average molecular weight is 277 g/mol. The zero-order chi connectivity index (χ0) is 14.5. The first-order chi connectivity index (χ1) is 9.60. The fourth-order valence-electron chi connectivity index (χ4n) is 1.53. The second-order valence-corrected chi connectivity index (χ2v) is 4.34. The lowest BCUT2D eigenvalue weighted by Gasteiger charge is -2.09. The number of carbonyl (C=O) groups excluding carboxylic acids is 2. The first-order valence-electron chi connectivity index (χ1n) is 6.08. The van der Waals surface area contributed by atoms with Gasteiger partial charge in [-0.2, -0.15) is 5.10 Å². The number of hydrogen-bond acceptors (Lipinski definition) is 5. The van der Waals surface area contributed by atoms with E-state index in [1.165, 1.54) is 13.3 Å². The second kappa shape index (κ2) is 6.05. The molecule has 1 fully saturated rings. The van der Waals surface area contributed by atoms with Crippen LogP contribution in [0.1, 0.15) is 18.4 Å². The minimum atomic E-state index is -0.747. The summed E-state index contributed by atoms with van der Waals surface area (Å²) in [6, 6.07) is 4.19. The quantitative estimate of drug-likeness (QED) is 0.363. The highest BCUT2D eigenvalue weighted by Crippen LogP contribution is 2.33. The van der Waals surface area contributed by atoms with Gasteiger partial charge in [-0.05, 0) is 36.6 Å². The fraction of sp³-hybridized carbons (Fsp3) is 0.308. The van der Waals surface area contributed by atoms with Gasteiger partial charge in [0.1, 0.15) is 0 Å². The Hall–Kier alpha value is -2.57. The van der Waals surface area contributed by atoms with Crippen LogP contribution in [0, 0.1) is 5.92 Å². The lowest BCUT2D eigenvalue weighted by molar-refractivity contribution is -0.135. The number of esters is 1. The molecule has 2 rings (SSSR count). The fourth-order valence-corrected chi connectivity index (χ4v) is 1.53. The number of nitrogens with one attached hydrogen (secondary N) is 1. The van der Waals surface area contributed by atoms with E-state index in [1.54, 1.807) is 18.2 Å². The summed E-state index contributed by atoms with van der Waals surface area (Å²) in [7, 11) is 1.48. The molecule has 0 spiro atoms. The van der Waals surface area contributed by atoms with Crippen molar-refractivity contribution in [3.8, 4) is 11.5 Å². The van der Waals surface area contributed by atoms with E-state index in [2.05, 4.69) is 10.5 Å². The first kappa shape index (κ1) is 13.9. The molecule has 0 saturated heterocycles. The third-order valence-electron chi connectivity index (χ3n) is 2.70. The van der Waals surface area contributed by atoms with Crippen molar-refractivity contribution in [3.05, 3.63) is 23.8 Å². The third kappa shape index (κ3) is 3.71. The number of hydrogen-bond donors (Lipinski definition) is 2. The number of amides is 2. The number of ether oxygens (including phenoxy) is 2. The second-order valence-electron chi connectivity index (χ2n) is 4.34. The number of rotatable bonds is 5. The van der Waals surface area contributed by atoms with Crippen LogP contribution in [0.2, 0.25) is 0 Å². The van der Waals surface area contributed by atoms with Crippen molar-refractivity contribution in [2.75, 3.05) is 7.11 Å². The Balaban J connectivity index is 2.08. The Morgan fingerprint density at radius 1 is 1.40 bits per heavy atom. The molecule has 0 heterocycles. The normalized spacial score (nSPS) is 14.1. The molecule has 1 aliphatic carbocycles. The number of primary amides is 1. The zero-order valence-electron chi connectivity index (χ0n) is 11.0. The average Bonchev–Trinajstić information content (AvgIpc) is 3.24. The van der Waals surface area contributed by atoms with Crippen LogP contribution < -0.4 is 20.6 Å². The van der Waals surface area contributed by atoms with Gasteiger partial charge in [0.25, 0.3) is 0 Å². The van der Waals surface area contributed by atoms with Crippen LogP contribution in [-0.4, -0.2) is 25.3 Å². The minimum absolute atomic E-state index is 0.0145. The van der Waals surface area contributed by atoms with E-state index in [9.17, 15) is 9.59 Å². The lowest BCUT2D eigenvalue weighted by atomic mass is 10.2. The maximum absolute atomic E-state index is 11.6. The van der Waals surface area contributed by atoms with Gasteiger partial charge in [-0.3, -0.25) is 4.79 Å². The molecule has 20 heavy (non-hydrogen) atoms. The van der Waals surface area contributed by atoms with Crippen LogP contribution in [0.5, 0.6) is 11.5 Å². The van der Waals surface area contributed by atoms with Gasteiger partial charge in [0.15, 0.2) is 11.5 Å². The summed E-state index contributed by atoms with van der Waals surface area (Å²) in [6.45, 7) is 0. The molecule has 3 N–H and O–H groups in total. The first-order valence-corrected chi connectivity index (χ1v) is 6.08. The Morgan fingerprint density at radius 3 is 2.75 bits per heavy atom. The molecule has 0 unspecified atom stereocenters. The van der Waals surface area contributed by atoms with E-state index in [1.807, 2.05) is 0 Å². The van der Waals surface area contributed by atoms with Crippen molar-refractivity contribution in [2.45, 2.75) is 12.8 Å². The topological polar surface area (TPSA) is 103 Å². The van der Waals surface area contributed by atoms with Gasteiger partial charge in [-0.25, -0.2) is 10.2 Å². The molecule has 0 aliphatic heterocycles. The SMILES string of the molecule is COc1cc(C=NNC(N)=O)ccc1OC(=O)C1CC1. The molecule has 0 atom stereocenters. The Morgan fingerprint density at radius 2 is 2.15 bits per heavy atom. The highest BCUT2D eigenvalue weighted by atomic mass is 16.6. The van der Waals surface area contributed by atoms with Gasteiger partial charge in [-0.1, -0.05) is 0 Å². The largest absolute Gasteiger partial charge is 0.493 e. The monoisotopic (exact) mass is 277 g/mol. The maximum atomic E-state index is 11.6. The van der Waals surface area contributed by atoms with E-state index in [0.29, 0.717) is 17.1 Å². The highest BCUT2D eigenvalue weighted by Gasteiger charge is 2.32. The van der Waals surface area contributed by atoms with Crippen LogP contribution in [-0.2, 0) is 4.79 Å². The van der Waals surface area contributed by atoms with Crippen LogP contribution in [0.4, 0.5) is 4.79 Å². The summed E-state index contributed by atoms with van der Waals surface area (Å²) in [5.74, 6) is 0.562. The van der Waals surface area contributed by atoms with Crippen molar-refractivity contribution in [1.82, 2.24) is 5.43 Å². The molecule has 0 aromatic heterocycles. The summed E-state index contributed by atoms with van der Waals surface area (Å²) in [4.78, 5) is 22.1. The molecular formula is C13H15N3O4. The summed E-state index contributed by atoms with van der Waals surface area (Å²) >= 11 is 0. The van der Waals surface area contributed by atoms with Gasteiger partial charge >= 0.3 is 12.0 Å². The van der Waals surface area contributed by atoms with Crippen LogP contribution >= 0.6 is 0 Å². The highest BCUT2D eigenvalue weighted by molar-refractivity contribution is 5.83. The predicted molar refractivity (Wildman–Crippen MR) is 71.7 cm³/mol. The maximum Gasteiger partial charge on any atom is 0.332 e. The van der Waals surface area contributed by atoms with Crippen molar-refractivity contribution in [1.29, 1.82) is 0 Å². The number of carbonyl (C=O) groups is 2. The molecule has 1 aliphatic rings. The molecule has 2 amide bonds. The Labute approximate surface area is 115 Å². The van der Waals surface area contributed by atoms with Crippen LogP contribution in [0.3, 0.4) is 0 Å². The Kier molecular flexibility index (Phi) is 4.19. The number of benzene rings is 1. The van der Waals surface area contributed by atoms with Gasteiger partial charge in [0, 0.05) is 0 Å². The van der Waals surface area contributed by atoms with Crippen molar-refractivity contribution < 1.29 is 19.1 Å². The van der Waals surface area contributed by atoms with Crippen molar-refractivity contribution >= 4 is 18.2 Å². The molecule has 1 saturated carbocycles. The summed E-state index contributed by atoms with van der Waals surface area (Å²) in [6.07, 6.45) is 3.16. The Bertz CT molecular complexity index is 553. The van der Waals surface area contributed by atoms with Crippen molar-refractivity contribution in [3.63, 3.8) is 0 Å². The number of urea groups is 1.